The van der Waals surface area contributed by atoms with E-state index in [2.05, 4.69) is 62.6 Å². The average molecular weight is 385 g/mol. The Morgan fingerprint density at radius 2 is 1.64 bits per heavy atom. The molecule has 156 valence electrons. The van der Waals surface area contributed by atoms with E-state index in [1.54, 1.807) is 0 Å². The predicted molar refractivity (Wildman–Crippen MR) is 118 cm³/mol. The van der Waals surface area contributed by atoms with Crippen molar-refractivity contribution in [3.8, 4) is 0 Å². The van der Waals surface area contributed by atoms with Crippen LogP contribution in [0.2, 0.25) is 0 Å². The fourth-order valence-electron chi connectivity index (χ4n) is 5.13. The molecular weight excluding hydrogens is 344 g/mol. The SMILES string of the molecule is Cc1cc(C2CCN(C(=O)CN3CCC(C(C)C)CC3)CC2)ccc1C(C)C. The van der Waals surface area contributed by atoms with Crippen LogP contribution in [0, 0.1) is 18.8 Å². The molecule has 2 aliphatic rings. The Morgan fingerprint density at radius 1 is 1.00 bits per heavy atom. The van der Waals surface area contributed by atoms with Crippen LogP contribution >= 0.6 is 0 Å². The minimum absolute atomic E-state index is 0.341. The molecule has 0 saturated carbocycles. The summed E-state index contributed by atoms with van der Waals surface area (Å²) in [6.07, 6.45) is 4.70. The molecule has 1 amide bonds. The van der Waals surface area contributed by atoms with E-state index in [-0.39, 0.29) is 0 Å². The van der Waals surface area contributed by atoms with E-state index in [4.69, 9.17) is 0 Å². The highest BCUT2D eigenvalue weighted by Crippen LogP contribution is 2.31. The lowest BCUT2D eigenvalue weighted by Crippen LogP contribution is -2.46. The summed E-state index contributed by atoms with van der Waals surface area (Å²) in [4.78, 5) is 17.3. The van der Waals surface area contributed by atoms with Gasteiger partial charge in [-0.3, -0.25) is 9.69 Å². The first-order valence-electron chi connectivity index (χ1n) is 11.5. The van der Waals surface area contributed by atoms with Crippen LogP contribution in [-0.2, 0) is 4.79 Å². The van der Waals surface area contributed by atoms with Gasteiger partial charge in [-0.15, -0.1) is 0 Å². The van der Waals surface area contributed by atoms with Gasteiger partial charge in [0.15, 0.2) is 0 Å². The predicted octanol–water partition coefficient (Wildman–Crippen LogP) is 5.19. The van der Waals surface area contributed by atoms with Gasteiger partial charge in [0.2, 0.25) is 5.91 Å². The molecule has 3 heteroatoms. The number of hydrogen-bond donors (Lipinski definition) is 0. The number of likely N-dealkylation sites (tertiary alicyclic amines) is 2. The molecule has 0 spiro atoms. The summed E-state index contributed by atoms with van der Waals surface area (Å²) in [5.74, 6) is 3.14. The molecule has 0 aromatic heterocycles. The Balaban J connectivity index is 1.47. The molecule has 1 aromatic carbocycles. The molecule has 0 bridgehead atoms. The van der Waals surface area contributed by atoms with Crippen molar-refractivity contribution in [2.24, 2.45) is 11.8 Å². The van der Waals surface area contributed by atoms with Crippen LogP contribution in [0.1, 0.15) is 81.9 Å². The Hall–Kier alpha value is -1.35. The van der Waals surface area contributed by atoms with Crippen molar-refractivity contribution in [2.75, 3.05) is 32.7 Å². The number of benzene rings is 1. The number of carbonyl (C=O) groups is 1. The Morgan fingerprint density at radius 3 is 2.18 bits per heavy atom. The van der Waals surface area contributed by atoms with Gasteiger partial charge in [0.25, 0.3) is 0 Å². The largest absolute Gasteiger partial charge is 0.342 e. The number of aryl methyl sites for hydroxylation is 1. The van der Waals surface area contributed by atoms with Gasteiger partial charge in [-0.25, -0.2) is 0 Å². The number of nitrogens with zero attached hydrogens (tertiary/aromatic N) is 2. The van der Waals surface area contributed by atoms with Crippen LogP contribution in [0.4, 0.5) is 0 Å². The Kier molecular flexibility index (Phi) is 7.20. The molecule has 0 aliphatic carbocycles. The van der Waals surface area contributed by atoms with Crippen molar-refractivity contribution < 1.29 is 4.79 Å². The number of piperidine rings is 2. The Bertz CT molecular complexity index is 651. The Labute approximate surface area is 172 Å². The minimum atomic E-state index is 0.341. The number of amides is 1. The molecule has 2 aliphatic heterocycles. The van der Waals surface area contributed by atoms with Gasteiger partial charge in [-0.1, -0.05) is 45.9 Å². The maximum absolute atomic E-state index is 12.8. The van der Waals surface area contributed by atoms with E-state index in [1.807, 2.05) is 0 Å². The van der Waals surface area contributed by atoms with Crippen molar-refractivity contribution in [2.45, 2.75) is 72.1 Å². The normalized spacial score (nSPS) is 20.3. The highest BCUT2D eigenvalue weighted by molar-refractivity contribution is 5.78. The maximum atomic E-state index is 12.8. The molecule has 0 atom stereocenters. The molecular formula is C25H40N2O. The molecule has 0 unspecified atom stereocenters. The van der Waals surface area contributed by atoms with Crippen LogP contribution in [-0.4, -0.2) is 48.4 Å². The average Bonchev–Trinajstić information content (AvgIpc) is 2.68. The summed E-state index contributed by atoms with van der Waals surface area (Å²) in [6.45, 7) is 16.0. The third-order valence-corrected chi connectivity index (χ3v) is 7.17. The topological polar surface area (TPSA) is 23.6 Å². The summed E-state index contributed by atoms with van der Waals surface area (Å²) in [5.41, 5.74) is 4.33. The second-order valence-corrected chi connectivity index (χ2v) is 9.78. The van der Waals surface area contributed by atoms with Gasteiger partial charge >= 0.3 is 0 Å². The molecule has 0 radical (unpaired) electrons. The van der Waals surface area contributed by atoms with E-state index in [1.165, 1.54) is 29.5 Å². The van der Waals surface area contributed by atoms with E-state index >= 15 is 0 Å². The van der Waals surface area contributed by atoms with Gasteiger partial charge < -0.3 is 4.90 Å². The molecule has 0 N–H and O–H groups in total. The standard InChI is InChI=1S/C25H40N2O/c1-18(2)21-8-12-26(13-9-21)17-25(28)27-14-10-22(11-15-27)23-6-7-24(19(3)4)20(5)16-23/h6-7,16,18-19,21-22H,8-15,17H2,1-5H3. The zero-order valence-corrected chi connectivity index (χ0v) is 18.7. The molecule has 28 heavy (non-hydrogen) atoms. The quantitative estimate of drug-likeness (QED) is 0.697. The van der Waals surface area contributed by atoms with Crippen LogP contribution in [0.3, 0.4) is 0 Å². The number of carbonyl (C=O) groups excluding carboxylic acids is 1. The molecule has 2 fully saturated rings. The summed E-state index contributed by atoms with van der Waals surface area (Å²) in [6, 6.07) is 7.02. The lowest BCUT2D eigenvalue weighted by atomic mass is 9.86. The van der Waals surface area contributed by atoms with E-state index < -0.39 is 0 Å². The van der Waals surface area contributed by atoms with E-state index in [0.29, 0.717) is 24.3 Å². The smallest absolute Gasteiger partial charge is 0.236 e. The number of rotatable bonds is 5. The van der Waals surface area contributed by atoms with E-state index in [9.17, 15) is 4.79 Å². The zero-order chi connectivity index (χ0) is 20.3. The van der Waals surface area contributed by atoms with Crippen molar-refractivity contribution >= 4 is 5.91 Å². The second kappa shape index (κ2) is 9.43. The molecule has 3 rings (SSSR count). The maximum Gasteiger partial charge on any atom is 0.236 e. The molecule has 3 nitrogen and oxygen atoms in total. The minimum Gasteiger partial charge on any atom is -0.342 e. The van der Waals surface area contributed by atoms with Crippen LogP contribution < -0.4 is 0 Å². The third kappa shape index (κ3) is 5.17. The first-order chi connectivity index (χ1) is 13.3. The van der Waals surface area contributed by atoms with Crippen LogP contribution in [0.25, 0.3) is 0 Å². The van der Waals surface area contributed by atoms with Gasteiger partial charge in [0.1, 0.15) is 0 Å². The number of hydrogen-bond acceptors (Lipinski definition) is 2. The highest BCUT2D eigenvalue weighted by atomic mass is 16.2. The molecule has 2 heterocycles. The van der Waals surface area contributed by atoms with Gasteiger partial charge in [0.05, 0.1) is 6.54 Å². The summed E-state index contributed by atoms with van der Waals surface area (Å²) >= 11 is 0. The summed E-state index contributed by atoms with van der Waals surface area (Å²) in [7, 11) is 0. The van der Waals surface area contributed by atoms with Gasteiger partial charge in [-0.2, -0.15) is 0 Å². The first kappa shape index (κ1) is 21.4. The van der Waals surface area contributed by atoms with Crippen molar-refractivity contribution in [1.29, 1.82) is 0 Å². The van der Waals surface area contributed by atoms with Crippen molar-refractivity contribution in [3.05, 3.63) is 34.9 Å². The molecule has 1 aromatic rings. The van der Waals surface area contributed by atoms with Crippen molar-refractivity contribution in [3.63, 3.8) is 0 Å². The fourth-order valence-corrected chi connectivity index (χ4v) is 5.13. The zero-order valence-electron chi connectivity index (χ0n) is 18.7. The van der Waals surface area contributed by atoms with Gasteiger partial charge in [0, 0.05) is 13.1 Å². The second-order valence-electron chi connectivity index (χ2n) is 9.78. The molecule has 2 saturated heterocycles. The van der Waals surface area contributed by atoms with Gasteiger partial charge in [-0.05, 0) is 86.1 Å². The lowest BCUT2D eigenvalue weighted by Gasteiger charge is -2.36. The lowest BCUT2D eigenvalue weighted by molar-refractivity contribution is -0.133. The third-order valence-electron chi connectivity index (χ3n) is 7.17. The van der Waals surface area contributed by atoms with E-state index in [0.717, 1.165) is 50.9 Å². The summed E-state index contributed by atoms with van der Waals surface area (Å²) < 4.78 is 0. The van der Waals surface area contributed by atoms with Crippen LogP contribution in [0.15, 0.2) is 18.2 Å². The highest BCUT2D eigenvalue weighted by Gasteiger charge is 2.27. The van der Waals surface area contributed by atoms with Crippen molar-refractivity contribution in [1.82, 2.24) is 9.80 Å². The summed E-state index contributed by atoms with van der Waals surface area (Å²) in [5, 5.41) is 0. The van der Waals surface area contributed by atoms with Crippen LogP contribution in [0.5, 0.6) is 0 Å². The fraction of sp³-hybridized carbons (Fsp3) is 0.720. The first-order valence-corrected chi connectivity index (χ1v) is 11.5. The monoisotopic (exact) mass is 384 g/mol.